The summed E-state index contributed by atoms with van der Waals surface area (Å²) in [6.45, 7) is 0. The van der Waals surface area contributed by atoms with Crippen LogP contribution in [0.4, 0.5) is 5.82 Å². The van der Waals surface area contributed by atoms with E-state index in [4.69, 9.17) is 27.9 Å². The van der Waals surface area contributed by atoms with Crippen LogP contribution in [0.3, 0.4) is 0 Å². The van der Waals surface area contributed by atoms with Crippen LogP contribution in [0.15, 0.2) is 42.6 Å². The summed E-state index contributed by atoms with van der Waals surface area (Å²) in [4.78, 5) is 23.9. The second-order valence-electron chi connectivity index (χ2n) is 8.36. The predicted octanol–water partition coefficient (Wildman–Crippen LogP) is 5.92. The van der Waals surface area contributed by atoms with Gasteiger partial charge in [0, 0.05) is 29.7 Å². The first-order chi connectivity index (χ1) is 16.0. The molecule has 0 spiro atoms. The number of phenols is 1. The van der Waals surface area contributed by atoms with Gasteiger partial charge in [-0.3, -0.25) is 4.79 Å². The zero-order valence-corrected chi connectivity index (χ0v) is 18.7. The maximum atomic E-state index is 11.7. The number of halogens is 2. The quantitative estimate of drug-likeness (QED) is 0.336. The van der Waals surface area contributed by atoms with Crippen molar-refractivity contribution in [3.8, 4) is 17.2 Å². The molecule has 6 rings (SSSR count). The zero-order chi connectivity index (χ0) is 22.7. The van der Waals surface area contributed by atoms with Crippen LogP contribution in [0.1, 0.15) is 41.6 Å². The van der Waals surface area contributed by atoms with Gasteiger partial charge >= 0.3 is 0 Å². The molecule has 33 heavy (non-hydrogen) atoms. The fourth-order valence-electron chi connectivity index (χ4n) is 4.41. The predicted molar refractivity (Wildman–Crippen MR) is 126 cm³/mol. The van der Waals surface area contributed by atoms with Crippen LogP contribution in [0, 0.1) is 0 Å². The SMILES string of the molecule is O=C1CCc2c(Oc3ccc(O)c([C@H]4CC4c4nc5cc(Cl)c(Cl)cc5[nH]4)c3)ccnc2N1. The van der Waals surface area contributed by atoms with Crippen molar-refractivity contribution < 1.29 is 14.6 Å². The number of phenolic OH excluding ortho intramolecular Hbond substituents is 1. The maximum Gasteiger partial charge on any atom is 0.225 e. The largest absolute Gasteiger partial charge is 0.508 e. The molecule has 7 nitrogen and oxygen atoms in total. The van der Waals surface area contributed by atoms with Crippen molar-refractivity contribution in [2.24, 2.45) is 0 Å². The third kappa shape index (κ3) is 3.67. The highest BCUT2D eigenvalue weighted by molar-refractivity contribution is 6.42. The van der Waals surface area contributed by atoms with Crippen molar-refractivity contribution in [3.63, 3.8) is 0 Å². The van der Waals surface area contributed by atoms with E-state index in [1.807, 2.05) is 6.07 Å². The third-order valence-corrected chi connectivity index (χ3v) is 6.91. The van der Waals surface area contributed by atoms with Crippen LogP contribution < -0.4 is 10.1 Å². The van der Waals surface area contributed by atoms with Crippen LogP contribution in [-0.2, 0) is 11.2 Å². The molecule has 9 heteroatoms. The van der Waals surface area contributed by atoms with Crippen molar-refractivity contribution in [2.45, 2.75) is 31.1 Å². The molecule has 1 fully saturated rings. The number of carbonyl (C=O) groups is 1. The number of imidazole rings is 1. The fraction of sp³-hybridized carbons (Fsp3) is 0.208. The van der Waals surface area contributed by atoms with Crippen molar-refractivity contribution in [1.29, 1.82) is 0 Å². The molecule has 1 saturated carbocycles. The number of fused-ring (bicyclic) bond motifs is 2. The average molecular weight is 481 g/mol. The normalized spacial score (nSPS) is 19.3. The Morgan fingerprint density at radius 1 is 1.06 bits per heavy atom. The van der Waals surface area contributed by atoms with Gasteiger partial charge in [0.2, 0.25) is 5.91 Å². The molecular weight excluding hydrogens is 463 g/mol. The van der Waals surface area contributed by atoms with E-state index in [-0.39, 0.29) is 23.5 Å². The molecule has 2 aromatic carbocycles. The van der Waals surface area contributed by atoms with Crippen LogP contribution >= 0.6 is 23.2 Å². The molecule has 2 aliphatic rings. The molecule has 3 heterocycles. The minimum absolute atomic E-state index is 0.0472. The number of rotatable bonds is 4. The maximum absolute atomic E-state index is 11.7. The van der Waals surface area contributed by atoms with E-state index in [0.29, 0.717) is 40.2 Å². The number of amides is 1. The second-order valence-corrected chi connectivity index (χ2v) is 9.18. The highest BCUT2D eigenvalue weighted by Crippen LogP contribution is 2.56. The summed E-state index contributed by atoms with van der Waals surface area (Å²) >= 11 is 12.2. The van der Waals surface area contributed by atoms with Gasteiger partial charge in [-0.15, -0.1) is 0 Å². The molecule has 0 bridgehead atoms. The summed E-state index contributed by atoms with van der Waals surface area (Å²) < 4.78 is 6.15. The number of ether oxygens (including phenoxy) is 1. The lowest BCUT2D eigenvalue weighted by atomic mass is 10.1. The highest BCUT2D eigenvalue weighted by atomic mass is 35.5. The van der Waals surface area contributed by atoms with E-state index < -0.39 is 0 Å². The molecule has 1 unspecified atom stereocenters. The molecule has 1 aliphatic heterocycles. The Labute approximate surface area is 198 Å². The van der Waals surface area contributed by atoms with E-state index in [2.05, 4.69) is 20.3 Å². The lowest BCUT2D eigenvalue weighted by Crippen LogP contribution is -2.20. The highest BCUT2D eigenvalue weighted by Gasteiger charge is 2.43. The Bertz CT molecular complexity index is 1400. The summed E-state index contributed by atoms with van der Waals surface area (Å²) in [5.74, 6) is 3.09. The summed E-state index contributed by atoms with van der Waals surface area (Å²) in [7, 11) is 0. The second kappa shape index (κ2) is 7.64. The van der Waals surface area contributed by atoms with E-state index in [0.717, 1.165) is 34.4 Å². The molecule has 1 aliphatic carbocycles. The summed E-state index contributed by atoms with van der Waals surface area (Å²) in [6.07, 6.45) is 3.43. The molecule has 3 N–H and O–H groups in total. The number of anilines is 1. The zero-order valence-electron chi connectivity index (χ0n) is 17.2. The van der Waals surface area contributed by atoms with Gasteiger partial charge in [-0.25, -0.2) is 9.97 Å². The van der Waals surface area contributed by atoms with Gasteiger partial charge in [0.15, 0.2) is 0 Å². The van der Waals surface area contributed by atoms with Crippen LogP contribution in [0.25, 0.3) is 11.0 Å². The number of carbonyl (C=O) groups excluding carboxylic acids is 1. The lowest BCUT2D eigenvalue weighted by molar-refractivity contribution is -0.116. The van der Waals surface area contributed by atoms with Crippen molar-refractivity contribution in [2.75, 3.05) is 5.32 Å². The van der Waals surface area contributed by atoms with Crippen molar-refractivity contribution in [3.05, 3.63) is 69.6 Å². The molecular formula is C24H18Cl2N4O3. The Morgan fingerprint density at radius 2 is 1.91 bits per heavy atom. The Kier molecular flexibility index (Phi) is 4.71. The molecule has 4 aromatic rings. The standard InChI is InChI=1S/C24H18Cl2N4O3/c25-16-9-18-19(10-17(16)26)29-24(28-18)15-8-13(15)14-7-11(1-3-20(14)31)33-21-5-6-27-23-12(21)2-4-22(32)30-23/h1,3,5-7,9-10,13,15,31H,2,4,8H2,(H,28,29)(H,27,30,32)/t13-,15?/m1/s1. The van der Waals surface area contributed by atoms with Crippen LogP contribution in [0.5, 0.6) is 17.2 Å². The minimum Gasteiger partial charge on any atom is -0.508 e. The Hall–Kier alpha value is -3.29. The number of hydrogen-bond acceptors (Lipinski definition) is 5. The molecule has 2 aromatic heterocycles. The first kappa shape index (κ1) is 20.3. The first-order valence-electron chi connectivity index (χ1n) is 10.6. The van der Waals surface area contributed by atoms with Gasteiger partial charge in [-0.1, -0.05) is 23.2 Å². The summed E-state index contributed by atoms with van der Waals surface area (Å²) in [6, 6.07) is 10.6. The number of nitrogens with zero attached hydrogens (tertiary/aromatic N) is 2. The number of aromatic nitrogens is 3. The summed E-state index contributed by atoms with van der Waals surface area (Å²) in [5.41, 5.74) is 3.28. The van der Waals surface area contributed by atoms with Gasteiger partial charge in [0.1, 0.15) is 28.9 Å². The molecule has 166 valence electrons. The molecule has 0 saturated heterocycles. The number of hydrogen-bond donors (Lipinski definition) is 3. The Balaban J connectivity index is 1.26. The average Bonchev–Trinajstić information content (AvgIpc) is 3.49. The van der Waals surface area contributed by atoms with Gasteiger partial charge in [0.25, 0.3) is 0 Å². The fourth-order valence-corrected chi connectivity index (χ4v) is 4.74. The molecule has 0 radical (unpaired) electrons. The Morgan fingerprint density at radius 3 is 2.79 bits per heavy atom. The van der Waals surface area contributed by atoms with E-state index >= 15 is 0 Å². The number of pyridine rings is 1. The van der Waals surface area contributed by atoms with Crippen LogP contribution in [0.2, 0.25) is 10.0 Å². The van der Waals surface area contributed by atoms with Gasteiger partial charge in [-0.05, 0) is 55.2 Å². The number of H-pyrrole nitrogens is 1. The number of nitrogens with one attached hydrogen (secondary N) is 2. The van der Waals surface area contributed by atoms with E-state index in [1.165, 1.54) is 0 Å². The smallest absolute Gasteiger partial charge is 0.225 e. The minimum atomic E-state index is -0.0472. The van der Waals surface area contributed by atoms with E-state index in [9.17, 15) is 9.90 Å². The van der Waals surface area contributed by atoms with Gasteiger partial charge < -0.3 is 20.1 Å². The van der Waals surface area contributed by atoms with Gasteiger partial charge in [-0.2, -0.15) is 0 Å². The van der Waals surface area contributed by atoms with Crippen molar-refractivity contribution in [1.82, 2.24) is 15.0 Å². The van der Waals surface area contributed by atoms with Crippen LogP contribution in [-0.4, -0.2) is 26.0 Å². The number of aromatic amines is 1. The summed E-state index contributed by atoms with van der Waals surface area (Å²) in [5, 5.41) is 14.3. The lowest BCUT2D eigenvalue weighted by Gasteiger charge is -2.19. The molecule has 1 amide bonds. The monoisotopic (exact) mass is 480 g/mol. The topological polar surface area (TPSA) is 100 Å². The third-order valence-electron chi connectivity index (χ3n) is 6.18. The van der Waals surface area contributed by atoms with E-state index in [1.54, 1.807) is 36.5 Å². The van der Waals surface area contributed by atoms with Gasteiger partial charge in [0.05, 0.1) is 21.1 Å². The number of benzene rings is 2. The first-order valence-corrected chi connectivity index (χ1v) is 11.3. The number of aromatic hydroxyl groups is 1. The van der Waals surface area contributed by atoms with Crippen molar-refractivity contribution >= 4 is 46.0 Å². The molecule has 2 atom stereocenters.